The number of hydrogen-bond acceptors (Lipinski definition) is 3. The molecule has 0 amide bonds. The molecule has 0 saturated heterocycles. The van der Waals surface area contributed by atoms with Crippen LogP contribution in [-0.2, 0) is 6.42 Å². The van der Waals surface area contributed by atoms with Crippen molar-refractivity contribution < 1.29 is 0 Å². The van der Waals surface area contributed by atoms with E-state index in [1.165, 1.54) is 15.6 Å². The number of aryl methyl sites for hydroxylation is 2. The van der Waals surface area contributed by atoms with Crippen LogP contribution in [0.3, 0.4) is 0 Å². The quantitative estimate of drug-likeness (QED) is 0.839. The van der Waals surface area contributed by atoms with E-state index >= 15 is 0 Å². The van der Waals surface area contributed by atoms with Gasteiger partial charge in [-0.1, -0.05) is 27.7 Å². The molecule has 0 radical (unpaired) electrons. The zero-order chi connectivity index (χ0) is 13.1. The predicted octanol–water partition coefficient (Wildman–Crippen LogP) is 3.57. The molecular weight excluding hydrogens is 228 g/mol. The van der Waals surface area contributed by atoms with Crippen LogP contribution in [0, 0.1) is 25.2 Å². The van der Waals surface area contributed by atoms with Crippen molar-refractivity contribution in [2.75, 3.05) is 13.1 Å². The van der Waals surface area contributed by atoms with Crippen LogP contribution < -0.4 is 5.32 Å². The zero-order valence-electron chi connectivity index (χ0n) is 12.1. The van der Waals surface area contributed by atoms with Crippen molar-refractivity contribution >= 4 is 11.3 Å². The normalized spacial score (nSPS) is 15.2. The third kappa shape index (κ3) is 3.78. The van der Waals surface area contributed by atoms with Crippen molar-refractivity contribution in [2.45, 2.75) is 48.0 Å². The molecule has 0 aliphatic heterocycles. The number of nitrogens with one attached hydrogen (secondary N) is 1. The fourth-order valence-electron chi connectivity index (χ4n) is 1.84. The molecule has 0 aliphatic carbocycles. The van der Waals surface area contributed by atoms with Gasteiger partial charge in [0.25, 0.3) is 0 Å². The molecule has 0 saturated carbocycles. The Morgan fingerprint density at radius 3 is 2.41 bits per heavy atom. The van der Waals surface area contributed by atoms with Gasteiger partial charge in [0.15, 0.2) is 0 Å². The molecule has 1 aromatic rings. The molecule has 1 unspecified atom stereocenters. The first-order valence-corrected chi connectivity index (χ1v) is 7.34. The van der Waals surface area contributed by atoms with Gasteiger partial charge >= 0.3 is 0 Å². The number of nitrogens with zero attached hydrogens (tertiary/aromatic N) is 1. The minimum Gasteiger partial charge on any atom is -0.316 e. The Labute approximate surface area is 110 Å². The Kier molecular flexibility index (Phi) is 5.14. The van der Waals surface area contributed by atoms with Gasteiger partial charge in [-0.15, -0.1) is 11.3 Å². The van der Waals surface area contributed by atoms with E-state index in [2.05, 4.69) is 51.8 Å². The standard InChI is InChI=1S/C14H26N2S/c1-7-15-9-14(6,10(2)3)8-13-16-11(4)12(5)17-13/h10,15H,7-9H2,1-6H3. The molecule has 3 heteroatoms. The van der Waals surface area contributed by atoms with E-state index in [1.54, 1.807) is 0 Å². The predicted molar refractivity (Wildman–Crippen MR) is 76.8 cm³/mol. The Morgan fingerprint density at radius 1 is 1.35 bits per heavy atom. The van der Waals surface area contributed by atoms with Gasteiger partial charge in [0.1, 0.15) is 0 Å². The molecule has 1 N–H and O–H groups in total. The zero-order valence-corrected chi connectivity index (χ0v) is 12.9. The van der Waals surface area contributed by atoms with Crippen molar-refractivity contribution in [3.05, 3.63) is 15.6 Å². The number of rotatable bonds is 6. The molecule has 0 aliphatic rings. The number of hydrogen-bond donors (Lipinski definition) is 1. The van der Waals surface area contributed by atoms with Gasteiger partial charge in [0.05, 0.1) is 10.7 Å². The lowest BCUT2D eigenvalue weighted by molar-refractivity contribution is 0.208. The lowest BCUT2D eigenvalue weighted by Crippen LogP contribution is -2.37. The summed E-state index contributed by atoms with van der Waals surface area (Å²) in [4.78, 5) is 6.03. The highest BCUT2D eigenvalue weighted by molar-refractivity contribution is 7.11. The molecule has 0 spiro atoms. The summed E-state index contributed by atoms with van der Waals surface area (Å²) < 4.78 is 0. The fraction of sp³-hybridized carbons (Fsp3) is 0.786. The van der Waals surface area contributed by atoms with E-state index in [9.17, 15) is 0 Å². The largest absolute Gasteiger partial charge is 0.316 e. The minimum absolute atomic E-state index is 0.298. The summed E-state index contributed by atoms with van der Waals surface area (Å²) in [6.45, 7) is 15.5. The summed E-state index contributed by atoms with van der Waals surface area (Å²) in [6.07, 6.45) is 1.08. The van der Waals surface area contributed by atoms with Gasteiger partial charge in [0, 0.05) is 17.8 Å². The summed E-state index contributed by atoms with van der Waals surface area (Å²) >= 11 is 1.85. The smallest absolute Gasteiger partial charge is 0.0936 e. The van der Waals surface area contributed by atoms with E-state index < -0.39 is 0 Å². The highest BCUT2D eigenvalue weighted by atomic mass is 32.1. The van der Waals surface area contributed by atoms with Crippen LogP contribution in [0.5, 0.6) is 0 Å². The first-order valence-electron chi connectivity index (χ1n) is 6.52. The molecule has 98 valence electrons. The van der Waals surface area contributed by atoms with Crippen LogP contribution in [0.15, 0.2) is 0 Å². The summed E-state index contributed by atoms with van der Waals surface area (Å²) in [7, 11) is 0. The van der Waals surface area contributed by atoms with Gasteiger partial charge < -0.3 is 5.32 Å². The maximum Gasteiger partial charge on any atom is 0.0936 e. The Hall–Kier alpha value is -0.410. The van der Waals surface area contributed by atoms with Crippen LogP contribution in [0.4, 0.5) is 0 Å². The molecule has 1 rings (SSSR count). The Morgan fingerprint density at radius 2 is 2.00 bits per heavy atom. The number of aromatic nitrogens is 1. The summed E-state index contributed by atoms with van der Waals surface area (Å²) in [5.41, 5.74) is 1.49. The molecule has 0 bridgehead atoms. The lowest BCUT2D eigenvalue weighted by Gasteiger charge is -2.33. The second kappa shape index (κ2) is 5.96. The highest BCUT2D eigenvalue weighted by Crippen LogP contribution is 2.32. The van der Waals surface area contributed by atoms with Crippen molar-refractivity contribution in [2.24, 2.45) is 11.3 Å². The molecule has 1 heterocycles. The van der Waals surface area contributed by atoms with Gasteiger partial charge in [-0.2, -0.15) is 0 Å². The van der Waals surface area contributed by atoms with Gasteiger partial charge in [0.2, 0.25) is 0 Å². The van der Waals surface area contributed by atoms with Crippen molar-refractivity contribution in [3.8, 4) is 0 Å². The van der Waals surface area contributed by atoms with Gasteiger partial charge in [-0.3, -0.25) is 0 Å². The third-order valence-electron chi connectivity index (χ3n) is 3.80. The first-order chi connectivity index (χ1) is 7.89. The molecule has 1 aromatic heterocycles. The molecule has 0 fully saturated rings. The second-order valence-electron chi connectivity index (χ2n) is 5.52. The minimum atomic E-state index is 0.298. The highest BCUT2D eigenvalue weighted by Gasteiger charge is 2.29. The van der Waals surface area contributed by atoms with Crippen LogP contribution >= 0.6 is 11.3 Å². The molecule has 1 atom stereocenters. The molecule has 0 aromatic carbocycles. The summed E-state index contributed by atoms with van der Waals surface area (Å²) in [5.74, 6) is 0.658. The molecular formula is C14H26N2S. The summed E-state index contributed by atoms with van der Waals surface area (Å²) in [6, 6.07) is 0. The second-order valence-corrected chi connectivity index (χ2v) is 6.80. The topological polar surface area (TPSA) is 24.9 Å². The van der Waals surface area contributed by atoms with Crippen molar-refractivity contribution in [1.82, 2.24) is 10.3 Å². The van der Waals surface area contributed by atoms with Gasteiger partial charge in [-0.05, 0) is 31.7 Å². The molecule has 17 heavy (non-hydrogen) atoms. The Bertz CT molecular complexity index is 338. The monoisotopic (exact) mass is 254 g/mol. The maximum atomic E-state index is 4.68. The average Bonchev–Trinajstić information content (AvgIpc) is 2.54. The van der Waals surface area contributed by atoms with Crippen molar-refractivity contribution in [3.63, 3.8) is 0 Å². The average molecular weight is 254 g/mol. The van der Waals surface area contributed by atoms with Crippen LogP contribution in [0.25, 0.3) is 0 Å². The summed E-state index contributed by atoms with van der Waals surface area (Å²) in [5, 5.41) is 4.77. The Balaban J connectivity index is 2.79. The SMILES string of the molecule is CCNCC(C)(Cc1nc(C)c(C)s1)C(C)C. The van der Waals surface area contributed by atoms with E-state index in [1.807, 2.05) is 11.3 Å². The van der Waals surface area contributed by atoms with E-state index in [0.29, 0.717) is 11.3 Å². The maximum absolute atomic E-state index is 4.68. The van der Waals surface area contributed by atoms with Crippen molar-refractivity contribution in [1.29, 1.82) is 0 Å². The number of thiazole rings is 1. The lowest BCUT2D eigenvalue weighted by atomic mass is 9.76. The van der Waals surface area contributed by atoms with Gasteiger partial charge in [-0.25, -0.2) is 4.98 Å². The van der Waals surface area contributed by atoms with E-state index in [-0.39, 0.29) is 0 Å². The van der Waals surface area contributed by atoms with Crippen LogP contribution in [-0.4, -0.2) is 18.1 Å². The fourth-order valence-corrected chi connectivity index (χ4v) is 2.97. The van der Waals surface area contributed by atoms with E-state index in [0.717, 1.165) is 19.5 Å². The van der Waals surface area contributed by atoms with Crippen LogP contribution in [0.1, 0.15) is 43.3 Å². The van der Waals surface area contributed by atoms with E-state index in [4.69, 9.17) is 0 Å². The third-order valence-corrected chi connectivity index (χ3v) is 4.87. The first kappa shape index (κ1) is 14.7. The molecule has 2 nitrogen and oxygen atoms in total. The van der Waals surface area contributed by atoms with Crippen LogP contribution in [0.2, 0.25) is 0 Å².